The summed E-state index contributed by atoms with van der Waals surface area (Å²) >= 11 is 0. The molecule has 0 spiro atoms. The van der Waals surface area contributed by atoms with E-state index in [0.717, 1.165) is 0 Å². The zero-order chi connectivity index (χ0) is 9.07. The molecule has 11 heavy (non-hydrogen) atoms. The van der Waals surface area contributed by atoms with E-state index in [2.05, 4.69) is 0 Å². The first-order valence-electron chi connectivity index (χ1n) is 2.66. The summed E-state index contributed by atoms with van der Waals surface area (Å²) in [6, 6.07) is 0. The highest BCUT2D eigenvalue weighted by Gasteiger charge is 2.37. The summed E-state index contributed by atoms with van der Waals surface area (Å²) in [5.41, 5.74) is 0. The Bertz CT molecular complexity index is 97.5. The van der Waals surface area contributed by atoms with Crippen LogP contribution in [0.4, 0.5) is 26.3 Å². The molecule has 0 N–H and O–H groups in total. The van der Waals surface area contributed by atoms with Gasteiger partial charge in [0.25, 0.3) is 5.92 Å². The zero-order valence-electron chi connectivity index (χ0n) is 5.26. The quantitative estimate of drug-likeness (QED) is 0.581. The van der Waals surface area contributed by atoms with E-state index >= 15 is 0 Å². The zero-order valence-corrected chi connectivity index (χ0v) is 5.26. The highest BCUT2D eigenvalue weighted by molar-refractivity contribution is 4.75. The maximum absolute atomic E-state index is 11.9. The van der Waals surface area contributed by atoms with Crippen LogP contribution in [0.3, 0.4) is 0 Å². The Morgan fingerprint density at radius 3 is 1.91 bits per heavy atom. The molecule has 0 amide bonds. The summed E-state index contributed by atoms with van der Waals surface area (Å²) in [5.74, 6) is -3.99. The van der Waals surface area contributed by atoms with Crippen LogP contribution in [0.1, 0.15) is 12.8 Å². The van der Waals surface area contributed by atoms with Gasteiger partial charge in [0.05, 0.1) is 12.8 Å². The lowest BCUT2D eigenvalue weighted by Crippen LogP contribution is -2.20. The van der Waals surface area contributed by atoms with E-state index in [4.69, 9.17) is 0 Å². The molecule has 0 aromatic carbocycles. The fourth-order valence-electron chi connectivity index (χ4n) is 0.493. The highest BCUT2D eigenvalue weighted by Crippen LogP contribution is 2.31. The van der Waals surface area contributed by atoms with E-state index in [0.29, 0.717) is 0 Å². The first-order chi connectivity index (χ1) is 4.83. The van der Waals surface area contributed by atoms with Crippen LogP contribution >= 0.6 is 0 Å². The molecule has 0 aliphatic carbocycles. The van der Waals surface area contributed by atoms with Crippen LogP contribution in [0.5, 0.6) is 0 Å². The molecule has 0 rings (SSSR count). The predicted octanol–water partition coefficient (Wildman–Crippen LogP) is 3.10. The molecule has 0 aromatic rings. The van der Waals surface area contributed by atoms with Gasteiger partial charge in [-0.15, -0.1) is 0 Å². The van der Waals surface area contributed by atoms with Crippen molar-refractivity contribution >= 4 is 0 Å². The summed E-state index contributed by atoms with van der Waals surface area (Å²) in [7, 11) is 0. The van der Waals surface area contributed by atoms with Gasteiger partial charge in [0.15, 0.2) is 0 Å². The summed E-state index contributed by atoms with van der Waals surface area (Å²) < 4.78 is 68.7. The summed E-state index contributed by atoms with van der Waals surface area (Å²) in [5, 5.41) is 0. The molecular weight excluding hydrogens is 174 g/mol. The van der Waals surface area contributed by atoms with Gasteiger partial charge in [0.1, 0.15) is 0 Å². The van der Waals surface area contributed by atoms with E-state index in [1.807, 2.05) is 0 Å². The van der Waals surface area contributed by atoms with Crippen molar-refractivity contribution in [1.29, 1.82) is 0 Å². The van der Waals surface area contributed by atoms with Crippen molar-refractivity contribution in [1.82, 2.24) is 0 Å². The fourth-order valence-corrected chi connectivity index (χ4v) is 0.493. The normalized spacial score (nSPS) is 13.1. The average molecular weight is 179 g/mol. The van der Waals surface area contributed by atoms with Crippen molar-refractivity contribution in [2.45, 2.75) is 25.2 Å². The summed E-state index contributed by atoms with van der Waals surface area (Å²) in [6.07, 6.45) is -9.48. The molecular formula is C5H5F6. The Morgan fingerprint density at radius 1 is 1.18 bits per heavy atom. The largest absolute Gasteiger partial charge is 0.316 e. The molecule has 0 saturated heterocycles. The molecule has 0 unspecified atom stereocenters. The average Bonchev–Trinajstić information content (AvgIpc) is 1.53. The second-order valence-corrected chi connectivity index (χ2v) is 1.97. The van der Waals surface area contributed by atoms with Crippen LogP contribution in [0.15, 0.2) is 0 Å². The van der Waals surface area contributed by atoms with E-state index in [1.54, 1.807) is 0 Å². The van der Waals surface area contributed by atoms with Crippen LogP contribution < -0.4 is 0 Å². The molecule has 0 fully saturated rings. The first-order valence-corrected chi connectivity index (χ1v) is 2.66. The Hall–Kier alpha value is -0.420. The molecule has 67 valence electrons. The predicted molar refractivity (Wildman–Crippen MR) is 25.6 cm³/mol. The fraction of sp³-hybridized carbons (Fsp3) is 0.800. The number of rotatable bonds is 4. The lowest BCUT2D eigenvalue weighted by Gasteiger charge is -2.13. The van der Waals surface area contributed by atoms with Crippen LogP contribution in [0.25, 0.3) is 0 Å². The van der Waals surface area contributed by atoms with Gasteiger partial charge < -0.3 is 0 Å². The maximum atomic E-state index is 11.9. The van der Waals surface area contributed by atoms with E-state index in [9.17, 15) is 26.3 Å². The van der Waals surface area contributed by atoms with Crippen LogP contribution in [0, 0.1) is 6.43 Å². The van der Waals surface area contributed by atoms with Crippen molar-refractivity contribution < 1.29 is 26.3 Å². The lowest BCUT2D eigenvalue weighted by molar-refractivity contribution is -0.0697. The molecule has 6 heteroatoms. The van der Waals surface area contributed by atoms with E-state index < -0.39 is 31.6 Å². The number of hydrogen-bond acceptors (Lipinski definition) is 0. The van der Waals surface area contributed by atoms with Crippen molar-refractivity contribution in [2.24, 2.45) is 0 Å². The summed E-state index contributed by atoms with van der Waals surface area (Å²) in [4.78, 5) is 0. The molecule has 1 radical (unpaired) electrons. The first kappa shape index (κ1) is 10.6. The minimum Gasteiger partial charge on any atom is -0.210 e. The van der Waals surface area contributed by atoms with Gasteiger partial charge in [-0.3, -0.25) is 0 Å². The third-order valence-corrected chi connectivity index (χ3v) is 0.845. The van der Waals surface area contributed by atoms with Gasteiger partial charge in [-0.25, -0.2) is 17.6 Å². The minimum absolute atomic E-state index is 1.82. The lowest BCUT2D eigenvalue weighted by atomic mass is 10.2. The minimum atomic E-state index is -3.99. The second-order valence-electron chi connectivity index (χ2n) is 1.97. The van der Waals surface area contributed by atoms with Gasteiger partial charge in [-0.05, 0) is 0 Å². The van der Waals surface area contributed by atoms with Crippen molar-refractivity contribution in [3.63, 3.8) is 0 Å². The molecule has 0 saturated carbocycles. The molecule has 0 aliphatic rings. The number of alkyl halides is 4. The molecule has 0 bridgehead atoms. The van der Waals surface area contributed by atoms with Gasteiger partial charge in [-0.1, -0.05) is 0 Å². The Kier molecular flexibility index (Phi) is 3.68. The van der Waals surface area contributed by atoms with Crippen molar-refractivity contribution in [3.8, 4) is 0 Å². The van der Waals surface area contributed by atoms with E-state index in [1.165, 1.54) is 0 Å². The molecule has 0 aliphatic heterocycles. The number of hydrogen-bond donors (Lipinski definition) is 0. The second kappa shape index (κ2) is 3.82. The molecule has 0 aromatic heterocycles. The smallest absolute Gasteiger partial charge is 0.210 e. The van der Waals surface area contributed by atoms with E-state index in [-0.39, 0.29) is 0 Å². The summed E-state index contributed by atoms with van der Waals surface area (Å²) in [6.45, 7) is 0. The Balaban J connectivity index is 3.79. The third kappa shape index (κ3) is 6.00. The Labute approximate surface area is 59.2 Å². The highest BCUT2D eigenvalue weighted by atomic mass is 19.3. The van der Waals surface area contributed by atoms with Gasteiger partial charge >= 0.3 is 6.43 Å². The van der Waals surface area contributed by atoms with Crippen LogP contribution in [-0.4, -0.2) is 12.3 Å². The third-order valence-electron chi connectivity index (χ3n) is 0.845. The maximum Gasteiger partial charge on any atom is 0.316 e. The SMILES string of the molecule is F[C](F)CC(F)(F)CC(F)F. The Morgan fingerprint density at radius 2 is 1.64 bits per heavy atom. The standard InChI is InChI=1S/C5H5F6/c6-3(7)1-5(10,11)2-4(8)9/h3H,1-2H2. The van der Waals surface area contributed by atoms with Gasteiger partial charge in [-0.2, -0.15) is 8.78 Å². The van der Waals surface area contributed by atoms with Crippen LogP contribution in [-0.2, 0) is 0 Å². The van der Waals surface area contributed by atoms with Crippen molar-refractivity contribution in [2.75, 3.05) is 0 Å². The van der Waals surface area contributed by atoms with Crippen LogP contribution in [0.2, 0.25) is 0 Å². The molecule has 0 nitrogen and oxygen atoms in total. The monoisotopic (exact) mass is 179 g/mol. The topological polar surface area (TPSA) is 0 Å². The molecule has 0 atom stereocenters. The van der Waals surface area contributed by atoms with Gasteiger partial charge in [0.2, 0.25) is 6.43 Å². The van der Waals surface area contributed by atoms with Crippen molar-refractivity contribution in [3.05, 3.63) is 6.43 Å². The number of halogens is 6. The van der Waals surface area contributed by atoms with Gasteiger partial charge in [0, 0.05) is 0 Å². The molecule has 0 heterocycles.